The second-order valence-electron chi connectivity index (χ2n) is 6.26. The molecule has 1 aliphatic rings. The molecule has 4 nitrogen and oxygen atoms in total. The highest BCUT2D eigenvalue weighted by atomic mass is 16.2. The van der Waals surface area contributed by atoms with Gasteiger partial charge in [0.05, 0.1) is 11.3 Å². The summed E-state index contributed by atoms with van der Waals surface area (Å²) >= 11 is 0. The lowest BCUT2D eigenvalue weighted by atomic mass is 10.1. The standard InChI is InChI=1S/C19H28N2O2/c1-2-3-4-5-6-13-18(22)20-17-12-8-7-11-16(17)19(23)21-14-9-10-15-21/h7-8,11-12H,2-6,9-10,13-15H2,1H3,(H,20,22). The molecule has 1 saturated heterocycles. The van der Waals surface area contributed by atoms with E-state index in [0.717, 1.165) is 38.8 Å². The summed E-state index contributed by atoms with van der Waals surface area (Å²) in [4.78, 5) is 26.5. The number of hydrogen-bond donors (Lipinski definition) is 1. The van der Waals surface area contributed by atoms with Gasteiger partial charge >= 0.3 is 0 Å². The third-order valence-electron chi connectivity index (χ3n) is 4.33. The fraction of sp³-hybridized carbons (Fsp3) is 0.579. The van der Waals surface area contributed by atoms with Gasteiger partial charge in [-0.05, 0) is 31.4 Å². The molecule has 1 heterocycles. The van der Waals surface area contributed by atoms with Crippen molar-refractivity contribution in [3.63, 3.8) is 0 Å². The van der Waals surface area contributed by atoms with E-state index in [1.165, 1.54) is 19.3 Å². The first-order chi connectivity index (χ1) is 11.2. The largest absolute Gasteiger partial charge is 0.339 e. The van der Waals surface area contributed by atoms with Crippen LogP contribution in [0.3, 0.4) is 0 Å². The smallest absolute Gasteiger partial charge is 0.255 e. The first kappa shape index (κ1) is 17.5. The molecule has 0 bridgehead atoms. The van der Waals surface area contributed by atoms with Gasteiger partial charge in [0.1, 0.15) is 0 Å². The van der Waals surface area contributed by atoms with E-state index in [1.807, 2.05) is 23.1 Å². The van der Waals surface area contributed by atoms with Crippen molar-refractivity contribution in [3.8, 4) is 0 Å². The molecule has 126 valence electrons. The summed E-state index contributed by atoms with van der Waals surface area (Å²) in [7, 11) is 0. The third-order valence-corrected chi connectivity index (χ3v) is 4.33. The molecule has 0 atom stereocenters. The Bertz CT molecular complexity index is 522. The molecule has 0 aliphatic carbocycles. The van der Waals surface area contributed by atoms with E-state index in [-0.39, 0.29) is 11.8 Å². The Morgan fingerprint density at radius 3 is 2.48 bits per heavy atom. The lowest BCUT2D eigenvalue weighted by Gasteiger charge is -2.18. The topological polar surface area (TPSA) is 49.4 Å². The molecule has 2 amide bonds. The SMILES string of the molecule is CCCCCCCC(=O)Nc1ccccc1C(=O)N1CCCC1. The van der Waals surface area contributed by atoms with E-state index in [0.29, 0.717) is 17.7 Å². The van der Waals surface area contributed by atoms with Gasteiger partial charge in [-0.2, -0.15) is 0 Å². The number of para-hydroxylation sites is 1. The van der Waals surface area contributed by atoms with E-state index >= 15 is 0 Å². The highest BCUT2D eigenvalue weighted by Gasteiger charge is 2.22. The van der Waals surface area contributed by atoms with Crippen LogP contribution in [0.4, 0.5) is 5.69 Å². The Labute approximate surface area is 139 Å². The van der Waals surface area contributed by atoms with Crippen LogP contribution in [-0.4, -0.2) is 29.8 Å². The van der Waals surface area contributed by atoms with Gasteiger partial charge in [0.15, 0.2) is 0 Å². The monoisotopic (exact) mass is 316 g/mol. The summed E-state index contributed by atoms with van der Waals surface area (Å²) in [6.07, 6.45) is 8.29. The molecule has 1 N–H and O–H groups in total. The van der Waals surface area contributed by atoms with Gasteiger partial charge in [0.2, 0.25) is 5.91 Å². The summed E-state index contributed by atoms with van der Waals surface area (Å²) in [5, 5.41) is 2.92. The highest BCUT2D eigenvalue weighted by molar-refractivity contribution is 6.03. The molecule has 0 radical (unpaired) electrons. The number of benzene rings is 1. The maximum atomic E-state index is 12.6. The van der Waals surface area contributed by atoms with Crippen molar-refractivity contribution >= 4 is 17.5 Å². The molecule has 1 fully saturated rings. The van der Waals surface area contributed by atoms with Crippen molar-refractivity contribution in [2.75, 3.05) is 18.4 Å². The second-order valence-corrected chi connectivity index (χ2v) is 6.26. The fourth-order valence-corrected chi connectivity index (χ4v) is 2.97. The molecule has 0 spiro atoms. The average Bonchev–Trinajstić information content (AvgIpc) is 3.09. The number of nitrogens with zero attached hydrogens (tertiary/aromatic N) is 1. The molecule has 1 aromatic carbocycles. The number of likely N-dealkylation sites (tertiary alicyclic amines) is 1. The number of rotatable bonds is 8. The van der Waals surface area contributed by atoms with E-state index in [4.69, 9.17) is 0 Å². The molecular formula is C19H28N2O2. The molecule has 0 aromatic heterocycles. The van der Waals surface area contributed by atoms with Crippen LogP contribution in [0.25, 0.3) is 0 Å². The van der Waals surface area contributed by atoms with E-state index in [2.05, 4.69) is 12.2 Å². The van der Waals surface area contributed by atoms with Crippen LogP contribution in [0.15, 0.2) is 24.3 Å². The van der Waals surface area contributed by atoms with Crippen LogP contribution in [0.5, 0.6) is 0 Å². The van der Waals surface area contributed by atoms with Crippen molar-refractivity contribution in [1.29, 1.82) is 0 Å². The van der Waals surface area contributed by atoms with Crippen LogP contribution < -0.4 is 5.32 Å². The molecule has 4 heteroatoms. The Morgan fingerprint density at radius 2 is 1.74 bits per heavy atom. The van der Waals surface area contributed by atoms with Crippen molar-refractivity contribution in [2.45, 2.75) is 58.3 Å². The van der Waals surface area contributed by atoms with Gasteiger partial charge in [-0.1, -0.05) is 44.7 Å². The summed E-state index contributed by atoms with van der Waals surface area (Å²) in [5.41, 5.74) is 1.25. The minimum absolute atomic E-state index is 0.00294. The molecule has 1 aliphatic heterocycles. The number of unbranched alkanes of at least 4 members (excludes halogenated alkanes) is 4. The van der Waals surface area contributed by atoms with Gasteiger partial charge < -0.3 is 10.2 Å². The average molecular weight is 316 g/mol. The predicted molar refractivity (Wildman–Crippen MR) is 93.6 cm³/mol. The van der Waals surface area contributed by atoms with Crippen LogP contribution in [-0.2, 0) is 4.79 Å². The number of nitrogens with one attached hydrogen (secondary N) is 1. The zero-order valence-corrected chi connectivity index (χ0v) is 14.1. The van der Waals surface area contributed by atoms with Gasteiger partial charge in [0.25, 0.3) is 5.91 Å². The zero-order valence-electron chi connectivity index (χ0n) is 14.1. The van der Waals surface area contributed by atoms with Gasteiger partial charge in [-0.3, -0.25) is 9.59 Å². The number of carbonyl (C=O) groups is 2. The molecular weight excluding hydrogens is 288 g/mol. The Kier molecular flexibility index (Phi) is 7.11. The maximum Gasteiger partial charge on any atom is 0.255 e. The Balaban J connectivity index is 1.89. The van der Waals surface area contributed by atoms with Gasteiger partial charge in [-0.25, -0.2) is 0 Å². The number of hydrogen-bond acceptors (Lipinski definition) is 2. The number of amides is 2. The fourth-order valence-electron chi connectivity index (χ4n) is 2.97. The third kappa shape index (κ3) is 5.38. The Hall–Kier alpha value is -1.84. The molecule has 1 aromatic rings. The minimum Gasteiger partial charge on any atom is -0.339 e. The molecule has 0 unspecified atom stereocenters. The molecule has 0 saturated carbocycles. The Morgan fingerprint density at radius 1 is 1.04 bits per heavy atom. The van der Waals surface area contributed by atoms with Gasteiger partial charge in [0, 0.05) is 19.5 Å². The summed E-state index contributed by atoms with van der Waals surface area (Å²) in [6.45, 7) is 3.82. The number of carbonyl (C=O) groups excluding carboxylic acids is 2. The number of anilines is 1. The first-order valence-electron chi connectivity index (χ1n) is 8.90. The normalized spacial score (nSPS) is 14.0. The van der Waals surface area contributed by atoms with Crippen LogP contribution >= 0.6 is 0 Å². The van der Waals surface area contributed by atoms with Gasteiger partial charge in [-0.15, -0.1) is 0 Å². The van der Waals surface area contributed by atoms with Crippen LogP contribution in [0.2, 0.25) is 0 Å². The first-order valence-corrected chi connectivity index (χ1v) is 8.90. The quantitative estimate of drug-likeness (QED) is 0.730. The van der Waals surface area contributed by atoms with Crippen molar-refractivity contribution in [2.24, 2.45) is 0 Å². The van der Waals surface area contributed by atoms with E-state index < -0.39 is 0 Å². The van der Waals surface area contributed by atoms with E-state index in [1.54, 1.807) is 6.07 Å². The van der Waals surface area contributed by atoms with Crippen molar-refractivity contribution in [1.82, 2.24) is 4.90 Å². The van der Waals surface area contributed by atoms with Crippen LogP contribution in [0.1, 0.15) is 68.6 Å². The molecule has 23 heavy (non-hydrogen) atoms. The van der Waals surface area contributed by atoms with Crippen molar-refractivity contribution < 1.29 is 9.59 Å². The zero-order chi connectivity index (χ0) is 16.5. The van der Waals surface area contributed by atoms with Crippen LogP contribution in [0, 0.1) is 0 Å². The lowest BCUT2D eigenvalue weighted by Crippen LogP contribution is -2.28. The molecule has 2 rings (SSSR count). The second kappa shape index (κ2) is 9.33. The lowest BCUT2D eigenvalue weighted by molar-refractivity contribution is -0.116. The maximum absolute atomic E-state index is 12.6. The van der Waals surface area contributed by atoms with Crippen molar-refractivity contribution in [3.05, 3.63) is 29.8 Å². The summed E-state index contributed by atoms with van der Waals surface area (Å²) in [6, 6.07) is 7.33. The summed E-state index contributed by atoms with van der Waals surface area (Å²) < 4.78 is 0. The highest BCUT2D eigenvalue weighted by Crippen LogP contribution is 2.20. The predicted octanol–water partition coefficient (Wildman–Crippen LogP) is 4.22. The van der Waals surface area contributed by atoms with E-state index in [9.17, 15) is 9.59 Å². The summed E-state index contributed by atoms with van der Waals surface area (Å²) in [5.74, 6) is 0.0320. The minimum atomic E-state index is 0.00294.